The fraction of sp³-hybridized carbons (Fsp3) is 0.476. The number of nitrogens with one attached hydrogen (secondary N) is 5. The molecular weight excluding hydrogens is 508 g/mol. The molecule has 9 N–H and O–H groups in total. The van der Waals surface area contributed by atoms with Crippen LogP contribution in [0.4, 0.5) is 0 Å². The fourth-order valence-corrected chi connectivity index (χ4v) is 5.56. The van der Waals surface area contributed by atoms with E-state index in [1.807, 2.05) is 29.0 Å². The molecule has 0 aliphatic carbocycles. The molecule has 0 saturated carbocycles. The highest BCUT2D eigenvalue weighted by molar-refractivity contribution is 7.88. The molecule has 2 fully saturated rings. The Morgan fingerprint density at radius 2 is 2.03 bits per heavy atom. The number of nitrogens with zero attached hydrogens (tertiary/aromatic N) is 2. The van der Waals surface area contributed by atoms with E-state index >= 15 is 0 Å². The van der Waals surface area contributed by atoms with Crippen LogP contribution in [0.5, 0.6) is 0 Å². The molecule has 7 atom stereocenters. The number of aryl methyl sites for hydroxylation is 1. The number of aromatic amines is 1. The van der Waals surface area contributed by atoms with Crippen LogP contribution in [0.1, 0.15) is 12.0 Å². The summed E-state index contributed by atoms with van der Waals surface area (Å²) >= 11 is 0. The molecule has 1 aromatic heterocycles. The van der Waals surface area contributed by atoms with E-state index in [2.05, 4.69) is 25.3 Å². The lowest BCUT2D eigenvalue weighted by molar-refractivity contribution is -0.130. The number of benzene rings is 1. The lowest BCUT2D eigenvalue weighted by Crippen LogP contribution is -2.70. The van der Waals surface area contributed by atoms with Crippen LogP contribution in [0.15, 0.2) is 35.5 Å². The number of aliphatic hydroxyl groups is 2. The van der Waals surface area contributed by atoms with Crippen LogP contribution < -0.4 is 25.8 Å². The maximum atomic E-state index is 12.4. The van der Waals surface area contributed by atoms with Crippen molar-refractivity contribution in [2.24, 2.45) is 10.7 Å². The van der Waals surface area contributed by atoms with Crippen LogP contribution in [0.2, 0.25) is 0 Å². The van der Waals surface area contributed by atoms with E-state index in [0.717, 1.165) is 16.5 Å². The van der Waals surface area contributed by atoms with Crippen molar-refractivity contribution < 1.29 is 33.0 Å². The predicted molar refractivity (Wildman–Crippen MR) is 130 cm³/mol. The standard InChI is InChI=1S/C21H28N8O7S/c22-21-26-18-15(19(33)27-21)24-9-29(18)20-17(32)16(31)13(36-20)8-25-37(34,35)28-14(30)6-5-10-7-23-12-4-2-1-3-11(10)12/h1-4,7,9,13,15-18,20-21,23,25-26,31-32H,5-6,8,22H2,(H,27,33)(H,28,30)/t13-,15?,16?,17+,18?,20-,21?/m1/s1. The van der Waals surface area contributed by atoms with Gasteiger partial charge in [0.25, 0.3) is 5.91 Å². The van der Waals surface area contributed by atoms with Crippen molar-refractivity contribution in [3.63, 3.8) is 0 Å². The van der Waals surface area contributed by atoms with E-state index in [4.69, 9.17) is 10.5 Å². The molecule has 2 saturated heterocycles. The van der Waals surface area contributed by atoms with Crippen molar-refractivity contribution in [1.29, 1.82) is 0 Å². The summed E-state index contributed by atoms with van der Waals surface area (Å²) in [7, 11) is -4.26. The second-order valence-corrected chi connectivity index (χ2v) is 10.5. The normalized spacial score (nSPS) is 31.5. The van der Waals surface area contributed by atoms with Crippen molar-refractivity contribution in [3.8, 4) is 0 Å². The van der Waals surface area contributed by atoms with E-state index in [-0.39, 0.29) is 6.42 Å². The van der Waals surface area contributed by atoms with Crippen molar-refractivity contribution in [2.45, 2.75) is 55.9 Å². The molecule has 2 aromatic rings. The van der Waals surface area contributed by atoms with Gasteiger partial charge >= 0.3 is 10.2 Å². The number of ether oxygens (including phenoxy) is 1. The Labute approximate surface area is 211 Å². The first-order chi connectivity index (χ1) is 17.6. The van der Waals surface area contributed by atoms with Gasteiger partial charge in [-0.05, 0) is 18.1 Å². The largest absolute Gasteiger partial charge is 0.387 e. The number of nitrogens with two attached hydrogens (primary N) is 1. The molecule has 4 heterocycles. The highest BCUT2D eigenvalue weighted by Gasteiger charge is 2.51. The van der Waals surface area contributed by atoms with Gasteiger partial charge in [0.15, 0.2) is 12.3 Å². The van der Waals surface area contributed by atoms with Crippen molar-refractivity contribution >= 4 is 39.3 Å². The van der Waals surface area contributed by atoms with Crippen LogP contribution in [0.25, 0.3) is 10.9 Å². The van der Waals surface area contributed by atoms with Gasteiger partial charge in [0.1, 0.15) is 30.8 Å². The summed E-state index contributed by atoms with van der Waals surface area (Å²) in [5.74, 6) is -1.12. The first-order valence-corrected chi connectivity index (χ1v) is 13.1. The minimum absolute atomic E-state index is 0.0638. The molecule has 200 valence electrons. The van der Waals surface area contributed by atoms with Gasteiger partial charge in [-0.3, -0.25) is 25.6 Å². The van der Waals surface area contributed by atoms with E-state index in [1.165, 1.54) is 11.2 Å². The third-order valence-electron chi connectivity index (χ3n) is 6.55. The number of aliphatic hydroxyl groups excluding tert-OH is 2. The maximum absolute atomic E-state index is 12.4. The monoisotopic (exact) mass is 536 g/mol. The molecular formula is C21H28N8O7S. The molecule has 16 heteroatoms. The van der Waals surface area contributed by atoms with Gasteiger partial charge in [0.2, 0.25) is 5.91 Å². The Kier molecular flexibility index (Phi) is 6.88. The molecule has 4 unspecified atom stereocenters. The van der Waals surface area contributed by atoms with Gasteiger partial charge in [-0.15, -0.1) is 0 Å². The molecule has 3 aliphatic rings. The molecule has 15 nitrogen and oxygen atoms in total. The zero-order valence-corrected chi connectivity index (χ0v) is 20.3. The van der Waals surface area contributed by atoms with Crippen LogP contribution in [0.3, 0.4) is 0 Å². The summed E-state index contributed by atoms with van der Waals surface area (Å²) in [5, 5.41) is 27.3. The number of carbonyl (C=O) groups excluding carboxylic acids is 2. The average Bonchev–Trinajstić information content (AvgIpc) is 3.53. The van der Waals surface area contributed by atoms with Gasteiger partial charge in [0.05, 0.1) is 6.34 Å². The van der Waals surface area contributed by atoms with E-state index in [1.54, 1.807) is 6.20 Å². The maximum Gasteiger partial charge on any atom is 0.301 e. The molecule has 5 rings (SSSR count). The zero-order chi connectivity index (χ0) is 26.3. The second-order valence-electron chi connectivity index (χ2n) is 9.04. The quantitative estimate of drug-likeness (QED) is 0.166. The topological polar surface area (TPSA) is 223 Å². The van der Waals surface area contributed by atoms with Gasteiger partial charge in [-0.1, -0.05) is 18.2 Å². The molecule has 37 heavy (non-hydrogen) atoms. The molecule has 0 radical (unpaired) electrons. The number of fused-ring (bicyclic) bond motifs is 2. The number of hydrogen-bond acceptors (Lipinski definition) is 11. The van der Waals surface area contributed by atoms with Crippen molar-refractivity contribution in [1.82, 2.24) is 30.0 Å². The SMILES string of the molecule is NC1NC(=O)C2N=CN([C@@H]3O[C@H](CNS(=O)(=O)NC(=O)CCc4c[nH]c5ccccc45)C(O)[C@@H]3O)C2N1. The summed E-state index contributed by atoms with van der Waals surface area (Å²) < 4.78 is 34.6. The third-order valence-corrected chi connectivity index (χ3v) is 7.59. The van der Waals surface area contributed by atoms with E-state index in [0.29, 0.717) is 6.42 Å². The first-order valence-electron chi connectivity index (χ1n) is 11.6. The Morgan fingerprint density at radius 3 is 2.84 bits per heavy atom. The van der Waals surface area contributed by atoms with Gasteiger partial charge in [0, 0.05) is 30.1 Å². The number of rotatable bonds is 8. The first kappa shape index (κ1) is 25.5. The lowest BCUT2D eigenvalue weighted by atomic mass is 10.1. The predicted octanol–water partition coefficient (Wildman–Crippen LogP) is -3.50. The van der Waals surface area contributed by atoms with E-state index < -0.39 is 71.6 Å². The molecule has 1 aromatic carbocycles. The summed E-state index contributed by atoms with van der Waals surface area (Å²) in [4.78, 5) is 33.0. The third kappa shape index (κ3) is 5.17. The summed E-state index contributed by atoms with van der Waals surface area (Å²) in [6, 6.07) is 6.75. The summed E-state index contributed by atoms with van der Waals surface area (Å²) in [6.07, 6.45) is -3.37. The number of para-hydroxylation sites is 1. The van der Waals surface area contributed by atoms with E-state index in [9.17, 15) is 28.2 Å². The summed E-state index contributed by atoms with van der Waals surface area (Å²) in [5.41, 5.74) is 7.56. The Morgan fingerprint density at radius 1 is 1.24 bits per heavy atom. The molecule has 2 amide bonds. The molecule has 0 spiro atoms. The number of hydrogen-bond donors (Lipinski definition) is 8. The number of aliphatic imine (C=N–C) groups is 1. The minimum Gasteiger partial charge on any atom is -0.387 e. The molecule has 0 bridgehead atoms. The average molecular weight is 537 g/mol. The number of aromatic nitrogens is 1. The lowest BCUT2D eigenvalue weighted by Gasteiger charge is -2.38. The van der Waals surface area contributed by atoms with Gasteiger partial charge in [-0.25, -0.2) is 4.72 Å². The van der Waals surface area contributed by atoms with Crippen LogP contribution in [0, 0.1) is 0 Å². The Balaban J connectivity index is 1.14. The number of H-pyrrole nitrogens is 1. The number of amides is 2. The Hall–Kier alpha value is -3.12. The fourth-order valence-electron chi connectivity index (χ4n) is 4.70. The number of carbonyl (C=O) groups is 2. The Bertz CT molecular complexity index is 1320. The van der Waals surface area contributed by atoms with Crippen LogP contribution in [-0.4, -0.2) is 96.2 Å². The van der Waals surface area contributed by atoms with Gasteiger partial charge < -0.3 is 30.2 Å². The van der Waals surface area contributed by atoms with Gasteiger partial charge in [-0.2, -0.15) is 13.1 Å². The van der Waals surface area contributed by atoms with Crippen molar-refractivity contribution in [3.05, 3.63) is 36.0 Å². The molecule has 3 aliphatic heterocycles. The van der Waals surface area contributed by atoms with Crippen LogP contribution >= 0.6 is 0 Å². The minimum atomic E-state index is -4.26. The van der Waals surface area contributed by atoms with Crippen LogP contribution in [-0.2, 0) is 31.0 Å². The van der Waals surface area contributed by atoms with Crippen molar-refractivity contribution in [2.75, 3.05) is 6.54 Å². The zero-order valence-electron chi connectivity index (χ0n) is 19.4. The summed E-state index contributed by atoms with van der Waals surface area (Å²) in [6.45, 7) is -0.424. The second kappa shape index (κ2) is 9.97. The highest BCUT2D eigenvalue weighted by atomic mass is 32.2. The smallest absolute Gasteiger partial charge is 0.301 e. The highest BCUT2D eigenvalue weighted by Crippen LogP contribution is 2.28.